The number of carbonyl (C=O) groups excluding carboxylic acids is 1. The molecule has 0 saturated heterocycles. The van der Waals surface area contributed by atoms with Gasteiger partial charge in [-0.15, -0.1) is 0 Å². The number of nitrogens with one attached hydrogen (secondary N) is 1. The van der Waals surface area contributed by atoms with Gasteiger partial charge in [-0.2, -0.15) is 0 Å². The van der Waals surface area contributed by atoms with Crippen molar-refractivity contribution in [2.75, 3.05) is 19.8 Å². The van der Waals surface area contributed by atoms with Crippen LogP contribution < -0.4 is 10.5 Å². The Hall–Kier alpha value is -1.60. The number of hydrogen-bond acceptors (Lipinski definition) is 4. The fourth-order valence-corrected chi connectivity index (χ4v) is 3.29. The molecule has 0 aliphatic heterocycles. The summed E-state index contributed by atoms with van der Waals surface area (Å²) >= 11 is 0. The second-order valence-corrected chi connectivity index (χ2v) is 7.46. The van der Waals surface area contributed by atoms with E-state index in [0.29, 0.717) is 0 Å². The SMILES string of the molecule is CN(C)C(=O)c1ccc(N)cc1S(=O)(=O)NC(C)(C)C. The molecule has 1 amide bonds. The van der Waals surface area contributed by atoms with Crippen molar-refractivity contribution >= 4 is 21.6 Å². The molecule has 0 fully saturated rings. The molecule has 0 atom stereocenters. The first-order valence-electron chi connectivity index (χ1n) is 6.09. The maximum Gasteiger partial charge on any atom is 0.254 e. The quantitative estimate of drug-likeness (QED) is 0.816. The van der Waals surface area contributed by atoms with Crippen LogP contribution in [0.15, 0.2) is 23.1 Å². The van der Waals surface area contributed by atoms with Crippen LogP contribution in [0.5, 0.6) is 0 Å². The van der Waals surface area contributed by atoms with E-state index in [1.54, 1.807) is 34.9 Å². The van der Waals surface area contributed by atoms with E-state index in [0.717, 1.165) is 0 Å². The number of benzene rings is 1. The molecule has 0 saturated carbocycles. The fraction of sp³-hybridized carbons (Fsp3) is 0.462. The van der Waals surface area contributed by atoms with E-state index in [9.17, 15) is 13.2 Å². The van der Waals surface area contributed by atoms with Crippen LogP contribution in [0, 0.1) is 0 Å². The zero-order valence-electron chi connectivity index (χ0n) is 12.4. The average Bonchev–Trinajstić information content (AvgIpc) is 2.24. The molecule has 0 spiro atoms. The molecule has 0 aliphatic rings. The summed E-state index contributed by atoms with van der Waals surface area (Å²) in [5, 5.41) is 0. The van der Waals surface area contributed by atoms with Crippen molar-refractivity contribution in [3.05, 3.63) is 23.8 Å². The van der Waals surface area contributed by atoms with Crippen LogP contribution >= 0.6 is 0 Å². The minimum Gasteiger partial charge on any atom is -0.399 e. The number of nitrogen functional groups attached to an aromatic ring is 1. The first kappa shape index (κ1) is 16.5. The van der Waals surface area contributed by atoms with E-state index in [-0.39, 0.29) is 22.1 Å². The summed E-state index contributed by atoms with van der Waals surface area (Å²) in [7, 11) is -0.704. The number of nitrogens with two attached hydrogens (primary N) is 1. The van der Waals surface area contributed by atoms with E-state index in [4.69, 9.17) is 5.73 Å². The Morgan fingerprint density at radius 2 is 1.80 bits per heavy atom. The van der Waals surface area contributed by atoms with Gasteiger partial charge < -0.3 is 10.6 Å². The van der Waals surface area contributed by atoms with Crippen molar-refractivity contribution in [3.8, 4) is 0 Å². The molecule has 0 bridgehead atoms. The van der Waals surface area contributed by atoms with E-state index in [1.807, 2.05) is 0 Å². The average molecular weight is 299 g/mol. The van der Waals surface area contributed by atoms with Gasteiger partial charge in [0.25, 0.3) is 5.91 Å². The number of hydrogen-bond donors (Lipinski definition) is 2. The third-order valence-electron chi connectivity index (χ3n) is 2.37. The molecule has 0 heterocycles. The van der Waals surface area contributed by atoms with E-state index in [2.05, 4.69) is 4.72 Å². The molecule has 1 rings (SSSR count). The van der Waals surface area contributed by atoms with Crippen LogP contribution in [0.3, 0.4) is 0 Å². The van der Waals surface area contributed by atoms with Crippen molar-refractivity contribution in [3.63, 3.8) is 0 Å². The largest absolute Gasteiger partial charge is 0.399 e. The lowest BCUT2D eigenvalue weighted by Gasteiger charge is -2.22. The van der Waals surface area contributed by atoms with E-state index in [1.165, 1.54) is 23.1 Å². The molecular formula is C13H21N3O3S. The third kappa shape index (κ3) is 3.94. The second-order valence-electron chi connectivity index (χ2n) is 5.81. The van der Waals surface area contributed by atoms with Crippen molar-refractivity contribution in [2.24, 2.45) is 0 Å². The molecule has 0 aromatic heterocycles. The lowest BCUT2D eigenvalue weighted by atomic mass is 10.1. The maximum absolute atomic E-state index is 12.4. The lowest BCUT2D eigenvalue weighted by molar-refractivity contribution is 0.0824. The first-order valence-corrected chi connectivity index (χ1v) is 7.57. The molecule has 7 heteroatoms. The summed E-state index contributed by atoms with van der Waals surface area (Å²) in [5.41, 5.74) is 5.38. The van der Waals surface area contributed by atoms with E-state index >= 15 is 0 Å². The summed E-state index contributed by atoms with van der Waals surface area (Å²) in [5.74, 6) is -0.390. The lowest BCUT2D eigenvalue weighted by Crippen LogP contribution is -2.41. The topological polar surface area (TPSA) is 92.5 Å². The number of amides is 1. The molecule has 0 aliphatic carbocycles. The normalized spacial score (nSPS) is 12.2. The molecule has 1 aromatic rings. The Morgan fingerprint density at radius 1 is 1.25 bits per heavy atom. The van der Waals surface area contributed by atoms with Gasteiger partial charge in [0.1, 0.15) is 0 Å². The van der Waals surface area contributed by atoms with Gasteiger partial charge in [-0.05, 0) is 39.0 Å². The van der Waals surface area contributed by atoms with Crippen LogP contribution in [0.1, 0.15) is 31.1 Å². The number of rotatable bonds is 3. The molecule has 0 radical (unpaired) electrons. The van der Waals surface area contributed by atoms with Gasteiger partial charge in [0.15, 0.2) is 0 Å². The highest BCUT2D eigenvalue weighted by Crippen LogP contribution is 2.21. The van der Waals surface area contributed by atoms with Crippen LogP contribution in [0.25, 0.3) is 0 Å². The molecule has 3 N–H and O–H groups in total. The van der Waals surface area contributed by atoms with Gasteiger partial charge >= 0.3 is 0 Å². The minimum atomic E-state index is -3.83. The van der Waals surface area contributed by atoms with Crippen LogP contribution in [-0.2, 0) is 10.0 Å². The van der Waals surface area contributed by atoms with Gasteiger partial charge in [0.05, 0.1) is 10.5 Å². The Bertz CT molecular complexity index is 616. The monoisotopic (exact) mass is 299 g/mol. The number of nitrogens with zero attached hydrogens (tertiary/aromatic N) is 1. The molecule has 1 aromatic carbocycles. The predicted molar refractivity (Wildman–Crippen MR) is 78.9 cm³/mol. The number of anilines is 1. The van der Waals surface area contributed by atoms with Crippen LogP contribution in [-0.4, -0.2) is 38.9 Å². The van der Waals surface area contributed by atoms with Crippen molar-refractivity contribution in [1.29, 1.82) is 0 Å². The number of sulfonamides is 1. The second kappa shape index (κ2) is 5.41. The van der Waals surface area contributed by atoms with Crippen LogP contribution in [0.2, 0.25) is 0 Å². The molecular weight excluding hydrogens is 278 g/mol. The first-order chi connectivity index (χ1) is 8.94. The summed E-state index contributed by atoms with van der Waals surface area (Å²) in [6.45, 7) is 5.18. The Kier molecular flexibility index (Phi) is 4.45. The van der Waals surface area contributed by atoms with Crippen molar-refractivity contribution in [2.45, 2.75) is 31.2 Å². The highest BCUT2D eigenvalue weighted by molar-refractivity contribution is 7.89. The highest BCUT2D eigenvalue weighted by Gasteiger charge is 2.27. The summed E-state index contributed by atoms with van der Waals surface area (Å²) in [4.78, 5) is 13.3. The molecule has 0 unspecified atom stereocenters. The zero-order chi connectivity index (χ0) is 15.7. The fourth-order valence-electron chi connectivity index (χ4n) is 1.64. The summed E-state index contributed by atoms with van der Waals surface area (Å²) < 4.78 is 27.3. The maximum atomic E-state index is 12.4. The van der Waals surface area contributed by atoms with Gasteiger partial charge in [0.2, 0.25) is 10.0 Å². The Morgan fingerprint density at radius 3 is 2.25 bits per heavy atom. The van der Waals surface area contributed by atoms with Crippen molar-refractivity contribution < 1.29 is 13.2 Å². The highest BCUT2D eigenvalue weighted by atomic mass is 32.2. The molecule has 112 valence electrons. The van der Waals surface area contributed by atoms with E-state index < -0.39 is 15.6 Å². The van der Waals surface area contributed by atoms with Gasteiger partial charge in [-0.3, -0.25) is 4.79 Å². The Balaban J connectivity index is 3.43. The van der Waals surface area contributed by atoms with Crippen LogP contribution in [0.4, 0.5) is 5.69 Å². The smallest absolute Gasteiger partial charge is 0.254 e. The number of carbonyl (C=O) groups is 1. The van der Waals surface area contributed by atoms with Gasteiger partial charge in [-0.1, -0.05) is 0 Å². The van der Waals surface area contributed by atoms with Gasteiger partial charge in [-0.25, -0.2) is 13.1 Å². The zero-order valence-corrected chi connectivity index (χ0v) is 13.2. The third-order valence-corrected chi connectivity index (χ3v) is 4.17. The molecule has 20 heavy (non-hydrogen) atoms. The van der Waals surface area contributed by atoms with Gasteiger partial charge in [0, 0.05) is 25.3 Å². The summed E-state index contributed by atoms with van der Waals surface area (Å²) in [6, 6.07) is 4.23. The predicted octanol–water partition coefficient (Wildman–Crippen LogP) is 1.05. The Labute approximate surface area is 120 Å². The molecule has 6 nitrogen and oxygen atoms in total. The standard InChI is InChI=1S/C13H21N3O3S/c1-13(2,3)15-20(18,19)11-8-9(14)6-7-10(11)12(17)16(4)5/h6-8,15H,14H2,1-5H3. The summed E-state index contributed by atoms with van der Waals surface area (Å²) in [6.07, 6.45) is 0. The minimum absolute atomic E-state index is 0.0981. The van der Waals surface area contributed by atoms with Crippen molar-refractivity contribution in [1.82, 2.24) is 9.62 Å².